The summed E-state index contributed by atoms with van der Waals surface area (Å²) in [6, 6.07) is 26.1. The Morgan fingerprint density at radius 1 is 0.740 bits per heavy atom. The predicted molar refractivity (Wildman–Crippen MR) is 194 cm³/mol. The molecule has 0 unspecified atom stereocenters. The fourth-order valence-corrected chi connectivity index (χ4v) is 6.09. The zero-order valence-electron chi connectivity index (χ0n) is 27.9. The Morgan fingerprint density at radius 2 is 1.44 bits per heavy atom. The smallest absolute Gasteiger partial charge is 0.323 e. The molecule has 1 atom stereocenters. The van der Waals surface area contributed by atoms with E-state index in [1.54, 1.807) is 54.6 Å². The van der Waals surface area contributed by atoms with Crippen LogP contribution in [0.1, 0.15) is 48.5 Å². The number of ether oxygens (including phenoxy) is 2. The number of aliphatic hydroxyl groups excluding tert-OH is 2. The quantitative estimate of drug-likeness (QED) is 0.0532. The van der Waals surface area contributed by atoms with E-state index in [0.717, 1.165) is 37.8 Å². The van der Waals surface area contributed by atoms with Gasteiger partial charge in [0, 0.05) is 30.1 Å². The number of benzene rings is 4. The molecule has 4 rings (SSSR count). The Kier molecular flexibility index (Phi) is 15.5. The third-order valence-electron chi connectivity index (χ3n) is 7.64. The molecule has 0 spiro atoms. The molecule has 0 aliphatic carbocycles. The molecule has 50 heavy (non-hydrogen) atoms. The topological polar surface area (TPSA) is 178 Å². The van der Waals surface area contributed by atoms with Crippen LogP contribution < -0.4 is 20.7 Å². The molecule has 2 amide bonds. The molecule has 268 valence electrons. The molecule has 0 radical (unpaired) electrons. The first kappa shape index (κ1) is 38.3. The van der Waals surface area contributed by atoms with E-state index in [9.17, 15) is 28.5 Å². The fraction of sp³-hybridized carbons (Fsp3) is 0.324. The monoisotopic (exact) mass is 706 g/mol. The van der Waals surface area contributed by atoms with E-state index in [-0.39, 0.29) is 17.3 Å². The highest BCUT2D eigenvalue weighted by molar-refractivity contribution is 7.92. The van der Waals surface area contributed by atoms with Crippen LogP contribution in [0.4, 0.5) is 21.9 Å². The summed E-state index contributed by atoms with van der Waals surface area (Å²) >= 11 is 0. The highest BCUT2D eigenvalue weighted by Crippen LogP contribution is 2.23. The Hall–Kier alpha value is -4.50. The maximum absolute atomic E-state index is 12.7. The lowest BCUT2D eigenvalue weighted by molar-refractivity contribution is 0.0393. The Balaban J connectivity index is 1.04. The Morgan fingerprint density at radius 3 is 2.22 bits per heavy atom. The minimum Gasteiger partial charge on any atom is -0.508 e. The maximum atomic E-state index is 12.7. The zero-order valence-corrected chi connectivity index (χ0v) is 28.7. The van der Waals surface area contributed by atoms with Gasteiger partial charge in [0.05, 0.1) is 43.1 Å². The molecule has 0 aliphatic rings. The number of hydrogen-bond donors (Lipinski definition) is 7. The van der Waals surface area contributed by atoms with Crippen molar-refractivity contribution in [3.8, 4) is 5.75 Å². The number of nitrogens with one attached hydrogen (secondary N) is 4. The van der Waals surface area contributed by atoms with E-state index in [1.807, 2.05) is 18.2 Å². The van der Waals surface area contributed by atoms with E-state index in [2.05, 4.69) is 20.7 Å². The number of amides is 2. The maximum Gasteiger partial charge on any atom is 0.323 e. The molecule has 12 nitrogen and oxygen atoms in total. The minimum atomic E-state index is -3.76. The van der Waals surface area contributed by atoms with Gasteiger partial charge < -0.3 is 40.7 Å². The minimum absolute atomic E-state index is 0.0192. The highest BCUT2D eigenvalue weighted by Gasteiger charge is 2.14. The summed E-state index contributed by atoms with van der Waals surface area (Å²) in [6.45, 7) is 2.84. The van der Waals surface area contributed by atoms with Gasteiger partial charge in [-0.25, -0.2) is 13.2 Å². The van der Waals surface area contributed by atoms with Crippen LogP contribution in [0.2, 0.25) is 0 Å². The number of sulfonamides is 1. The summed E-state index contributed by atoms with van der Waals surface area (Å²) in [5.74, 6) is 0.0192. The summed E-state index contributed by atoms with van der Waals surface area (Å²) in [7, 11) is -3.76. The van der Waals surface area contributed by atoms with Gasteiger partial charge in [0.1, 0.15) is 5.75 Å². The van der Waals surface area contributed by atoms with Crippen LogP contribution in [0, 0.1) is 0 Å². The molecule has 4 aromatic carbocycles. The van der Waals surface area contributed by atoms with Gasteiger partial charge in [0.15, 0.2) is 0 Å². The van der Waals surface area contributed by atoms with Crippen molar-refractivity contribution in [3.63, 3.8) is 0 Å². The van der Waals surface area contributed by atoms with Gasteiger partial charge in [-0.05, 0) is 85.1 Å². The number of anilines is 3. The molecular formula is C37H46N4O8S. The predicted octanol–water partition coefficient (Wildman–Crippen LogP) is 5.75. The van der Waals surface area contributed by atoms with Crippen molar-refractivity contribution < 1.29 is 38.0 Å². The van der Waals surface area contributed by atoms with E-state index in [1.165, 1.54) is 24.3 Å². The van der Waals surface area contributed by atoms with Crippen LogP contribution in [0.5, 0.6) is 5.75 Å². The largest absolute Gasteiger partial charge is 0.508 e. The first-order chi connectivity index (χ1) is 24.2. The number of urea groups is 1. The zero-order chi connectivity index (χ0) is 35.6. The van der Waals surface area contributed by atoms with Crippen molar-refractivity contribution in [1.82, 2.24) is 5.32 Å². The molecular weight excluding hydrogens is 660 g/mol. The van der Waals surface area contributed by atoms with E-state index in [0.29, 0.717) is 61.2 Å². The van der Waals surface area contributed by atoms with Gasteiger partial charge in [-0.1, -0.05) is 55.3 Å². The summed E-state index contributed by atoms with van der Waals surface area (Å²) in [6.07, 6.45) is 3.30. The Labute approximate surface area is 293 Å². The molecule has 0 heterocycles. The lowest BCUT2D eigenvalue weighted by Crippen LogP contribution is -2.22. The number of aromatic hydroxyl groups is 1. The van der Waals surface area contributed by atoms with Gasteiger partial charge in [-0.2, -0.15) is 0 Å². The van der Waals surface area contributed by atoms with Gasteiger partial charge >= 0.3 is 6.03 Å². The second kappa shape index (κ2) is 20.2. The van der Waals surface area contributed by atoms with Crippen molar-refractivity contribution >= 4 is 33.1 Å². The van der Waals surface area contributed by atoms with Crippen LogP contribution in [-0.2, 0) is 32.7 Å². The van der Waals surface area contributed by atoms with Crippen LogP contribution in [0.3, 0.4) is 0 Å². The summed E-state index contributed by atoms with van der Waals surface area (Å²) < 4.78 is 39.2. The van der Waals surface area contributed by atoms with Gasteiger partial charge in [-0.15, -0.1) is 0 Å². The standard InChI is InChI=1S/C37H46N4O8S/c42-26-30-23-29(16-17-35(30)43)36(44)25-38-18-6-1-2-7-19-48-20-21-49-27-28-10-8-11-31(22-28)39-37(45)40-32-12-9-13-33(24-32)41-50(46,47)34-14-4-3-5-15-34/h3-5,8-17,22-24,36,38,41-44H,1-2,6-7,18-21,25-27H2,(H2,39,40,45)/t36-/m1/s1. The molecule has 0 saturated heterocycles. The average molecular weight is 707 g/mol. The summed E-state index contributed by atoms with van der Waals surface area (Å²) in [5.41, 5.74) is 3.27. The first-order valence-electron chi connectivity index (χ1n) is 16.6. The number of hydrogen-bond acceptors (Lipinski definition) is 9. The van der Waals surface area contributed by atoms with Crippen molar-refractivity contribution in [3.05, 3.63) is 114 Å². The van der Waals surface area contributed by atoms with Crippen molar-refractivity contribution in [1.29, 1.82) is 0 Å². The second-order valence-electron chi connectivity index (χ2n) is 11.6. The van der Waals surface area contributed by atoms with Gasteiger partial charge in [-0.3, -0.25) is 4.72 Å². The molecule has 0 aromatic heterocycles. The van der Waals surface area contributed by atoms with E-state index >= 15 is 0 Å². The van der Waals surface area contributed by atoms with Gasteiger partial charge in [0.25, 0.3) is 10.0 Å². The van der Waals surface area contributed by atoms with Crippen LogP contribution in [0.15, 0.2) is 102 Å². The van der Waals surface area contributed by atoms with Crippen molar-refractivity contribution in [2.75, 3.05) is 48.3 Å². The molecule has 7 N–H and O–H groups in total. The van der Waals surface area contributed by atoms with Crippen LogP contribution in [0.25, 0.3) is 0 Å². The summed E-state index contributed by atoms with van der Waals surface area (Å²) in [4.78, 5) is 12.8. The molecule has 0 bridgehead atoms. The number of carbonyl (C=O) groups excluding carboxylic acids is 1. The lowest BCUT2D eigenvalue weighted by Gasteiger charge is -2.14. The van der Waals surface area contributed by atoms with Crippen LogP contribution in [-0.4, -0.2) is 62.7 Å². The van der Waals surface area contributed by atoms with Crippen molar-refractivity contribution in [2.24, 2.45) is 0 Å². The van der Waals surface area contributed by atoms with E-state index in [4.69, 9.17) is 9.47 Å². The molecule has 0 aliphatic heterocycles. The SMILES string of the molecule is O=C(Nc1cccc(COCCOCCCCCCNC[C@@H](O)c2ccc(O)c(CO)c2)c1)Nc1cccc(NS(=O)(=O)c2ccccc2)c1. The number of carbonyl (C=O) groups is 1. The van der Waals surface area contributed by atoms with Gasteiger partial charge in [0.2, 0.25) is 0 Å². The number of unbranched alkanes of at least 4 members (excludes halogenated alkanes) is 3. The number of aliphatic hydroxyl groups is 2. The third-order valence-corrected chi connectivity index (χ3v) is 9.04. The molecule has 0 fully saturated rings. The number of rotatable bonds is 21. The normalized spacial score (nSPS) is 12.0. The molecule has 13 heteroatoms. The average Bonchev–Trinajstić information content (AvgIpc) is 3.11. The fourth-order valence-electron chi connectivity index (χ4n) is 5.02. The molecule has 0 saturated carbocycles. The Bertz CT molecular complexity index is 1740. The molecule has 4 aromatic rings. The third kappa shape index (κ3) is 13.1. The number of phenols is 1. The lowest BCUT2D eigenvalue weighted by atomic mass is 10.1. The van der Waals surface area contributed by atoms with Crippen LogP contribution >= 0.6 is 0 Å². The summed E-state index contributed by atoms with van der Waals surface area (Å²) in [5, 5.41) is 38.0. The van der Waals surface area contributed by atoms with E-state index < -0.39 is 22.2 Å². The first-order valence-corrected chi connectivity index (χ1v) is 18.0. The van der Waals surface area contributed by atoms with Crippen molar-refractivity contribution in [2.45, 2.75) is 49.9 Å². The second-order valence-corrected chi connectivity index (χ2v) is 13.3. The highest BCUT2D eigenvalue weighted by atomic mass is 32.2.